The van der Waals surface area contributed by atoms with Gasteiger partial charge in [0.05, 0.1) is 22.6 Å². The van der Waals surface area contributed by atoms with E-state index in [1.807, 2.05) is 86.1 Å². The van der Waals surface area contributed by atoms with Crippen LogP contribution in [0.1, 0.15) is 29.9 Å². The molecule has 0 aliphatic carbocycles. The minimum atomic E-state index is -0.0939. The van der Waals surface area contributed by atoms with Crippen LogP contribution >= 0.6 is 0 Å². The summed E-state index contributed by atoms with van der Waals surface area (Å²) in [6.45, 7) is 5.79. The molecule has 0 saturated heterocycles. The van der Waals surface area contributed by atoms with Gasteiger partial charge in [-0.05, 0) is 32.9 Å². The predicted octanol–water partition coefficient (Wildman–Crippen LogP) is 3.99. The highest BCUT2D eigenvalue weighted by atomic mass is 16.1. The summed E-state index contributed by atoms with van der Waals surface area (Å²) in [6.07, 6.45) is 0. The minimum absolute atomic E-state index is 0.0700. The Morgan fingerprint density at radius 1 is 1.00 bits per heavy atom. The maximum Gasteiger partial charge on any atom is 0.255 e. The van der Waals surface area contributed by atoms with Crippen molar-refractivity contribution in [1.82, 2.24) is 15.1 Å². The Kier molecular flexibility index (Phi) is 4.47. The van der Waals surface area contributed by atoms with Crippen molar-refractivity contribution in [1.29, 1.82) is 0 Å². The number of para-hydroxylation sites is 1. The first-order chi connectivity index (χ1) is 11.6. The van der Waals surface area contributed by atoms with Gasteiger partial charge in [-0.3, -0.25) is 4.79 Å². The van der Waals surface area contributed by atoms with Gasteiger partial charge in [0.15, 0.2) is 0 Å². The van der Waals surface area contributed by atoms with Gasteiger partial charge < -0.3 is 5.32 Å². The molecule has 3 rings (SSSR count). The highest BCUT2D eigenvalue weighted by Gasteiger charge is 2.23. The molecule has 1 heterocycles. The fourth-order valence-electron chi connectivity index (χ4n) is 2.75. The van der Waals surface area contributed by atoms with Crippen molar-refractivity contribution in [2.45, 2.75) is 26.8 Å². The van der Waals surface area contributed by atoms with Crippen molar-refractivity contribution >= 4 is 5.91 Å². The molecule has 24 heavy (non-hydrogen) atoms. The molecular weight excluding hydrogens is 298 g/mol. The number of carbonyl (C=O) groups excluding carboxylic acids is 1. The average Bonchev–Trinajstić information content (AvgIpc) is 2.93. The summed E-state index contributed by atoms with van der Waals surface area (Å²) >= 11 is 0. The van der Waals surface area contributed by atoms with Gasteiger partial charge in [-0.25, -0.2) is 4.68 Å². The van der Waals surface area contributed by atoms with Crippen LogP contribution in [0.15, 0.2) is 60.7 Å². The zero-order valence-electron chi connectivity index (χ0n) is 14.2. The quantitative estimate of drug-likeness (QED) is 0.790. The third-order valence-corrected chi connectivity index (χ3v) is 3.76. The topological polar surface area (TPSA) is 46.9 Å². The largest absolute Gasteiger partial charge is 0.350 e. The number of hydrogen-bond acceptors (Lipinski definition) is 2. The van der Waals surface area contributed by atoms with Crippen LogP contribution in [-0.2, 0) is 0 Å². The first-order valence-electron chi connectivity index (χ1n) is 8.09. The number of carbonyl (C=O) groups is 1. The van der Waals surface area contributed by atoms with E-state index in [2.05, 4.69) is 10.4 Å². The van der Waals surface area contributed by atoms with E-state index >= 15 is 0 Å². The zero-order valence-corrected chi connectivity index (χ0v) is 14.2. The number of rotatable bonds is 4. The first-order valence-corrected chi connectivity index (χ1v) is 8.09. The second-order valence-corrected chi connectivity index (χ2v) is 6.05. The molecule has 0 unspecified atom stereocenters. The molecule has 0 aliphatic rings. The predicted molar refractivity (Wildman–Crippen MR) is 96.3 cm³/mol. The molecular formula is C20H21N3O. The lowest BCUT2D eigenvalue weighted by Crippen LogP contribution is -2.30. The van der Waals surface area contributed by atoms with Crippen LogP contribution in [0.5, 0.6) is 0 Å². The smallest absolute Gasteiger partial charge is 0.255 e. The van der Waals surface area contributed by atoms with Crippen LogP contribution in [0, 0.1) is 6.92 Å². The molecule has 0 fully saturated rings. The van der Waals surface area contributed by atoms with Crippen molar-refractivity contribution < 1.29 is 4.79 Å². The van der Waals surface area contributed by atoms with Gasteiger partial charge in [-0.1, -0.05) is 48.5 Å². The van der Waals surface area contributed by atoms with Crippen LogP contribution in [0.3, 0.4) is 0 Å². The second kappa shape index (κ2) is 6.71. The minimum Gasteiger partial charge on any atom is -0.350 e. The Labute approximate surface area is 142 Å². The summed E-state index contributed by atoms with van der Waals surface area (Å²) in [5.74, 6) is -0.0939. The molecule has 0 aliphatic heterocycles. The first kappa shape index (κ1) is 16.0. The Morgan fingerprint density at radius 3 is 2.17 bits per heavy atom. The van der Waals surface area contributed by atoms with Gasteiger partial charge in [-0.2, -0.15) is 5.10 Å². The molecule has 122 valence electrons. The van der Waals surface area contributed by atoms with Crippen LogP contribution in [0.25, 0.3) is 16.9 Å². The highest BCUT2D eigenvalue weighted by molar-refractivity contribution is 6.01. The van der Waals surface area contributed by atoms with E-state index in [1.165, 1.54) is 0 Å². The van der Waals surface area contributed by atoms with Crippen molar-refractivity contribution in [2.24, 2.45) is 0 Å². The lowest BCUT2D eigenvalue weighted by molar-refractivity contribution is 0.0943. The van der Waals surface area contributed by atoms with Gasteiger partial charge in [0, 0.05) is 11.6 Å². The van der Waals surface area contributed by atoms with Gasteiger partial charge in [-0.15, -0.1) is 0 Å². The molecule has 0 saturated carbocycles. The Hall–Kier alpha value is -2.88. The molecule has 0 atom stereocenters. The summed E-state index contributed by atoms with van der Waals surface area (Å²) < 4.78 is 1.85. The van der Waals surface area contributed by atoms with E-state index in [0.29, 0.717) is 5.56 Å². The molecule has 4 heteroatoms. The van der Waals surface area contributed by atoms with Crippen molar-refractivity contribution in [3.8, 4) is 16.9 Å². The average molecular weight is 319 g/mol. The number of nitrogens with zero attached hydrogens (tertiary/aromatic N) is 2. The maximum absolute atomic E-state index is 12.8. The Balaban J connectivity index is 2.23. The molecule has 1 N–H and O–H groups in total. The Bertz CT molecular complexity index is 836. The molecule has 1 amide bonds. The van der Waals surface area contributed by atoms with E-state index < -0.39 is 0 Å². The molecule has 3 aromatic rings. The third-order valence-electron chi connectivity index (χ3n) is 3.76. The second-order valence-electron chi connectivity index (χ2n) is 6.05. The molecule has 0 radical (unpaired) electrons. The van der Waals surface area contributed by atoms with E-state index in [4.69, 9.17) is 0 Å². The fourth-order valence-corrected chi connectivity index (χ4v) is 2.75. The summed E-state index contributed by atoms with van der Waals surface area (Å²) in [4.78, 5) is 12.8. The van der Waals surface area contributed by atoms with Crippen LogP contribution in [0.2, 0.25) is 0 Å². The number of amides is 1. The molecule has 0 spiro atoms. The normalized spacial score (nSPS) is 10.8. The van der Waals surface area contributed by atoms with Crippen LogP contribution in [0.4, 0.5) is 0 Å². The fraction of sp³-hybridized carbons (Fsp3) is 0.200. The van der Waals surface area contributed by atoms with Crippen molar-refractivity contribution in [3.05, 3.63) is 71.9 Å². The van der Waals surface area contributed by atoms with Crippen molar-refractivity contribution in [3.63, 3.8) is 0 Å². The maximum atomic E-state index is 12.8. The van der Waals surface area contributed by atoms with E-state index in [0.717, 1.165) is 22.6 Å². The number of nitrogens with one attached hydrogen (secondary N) is 1. The van der Waals surface area contributed by atoms with E-state index in [1.54, 1.807) is 0 Å². The summed E-state index contributed by atoms with van der Waals surface area (Å²) in [5, 5.41) is 7.62. The van der Waals surface area contributed by atoms with Crippen LogP contribution < -0.4 is 5.32 Å². The van der Waals surface area contributed by atoms with Gasteiger partial charge >= 0.3 is 0 Å². The van der Waals surface area contributed by atoms with Gasteiger partial charge in [0.25, 0.3) is 5.91 Å². The molecule has 1 aromatic heterocycles. The summed E-state index contributed by atoms with van der Waals surface area (Å²) in [6, 6.07) is 19.9. The highest BCUT2D eigenvalue weighted by Crippen LogP contribution is 2.29. The third kappa shape index (κ3) is 3.08. The number of benzene rings is 2. The number of aromatic nitrogens is 2. The number of aryl methyl sites for hydroxylation is 1. The standard InChI is InChI=1S/C20H21N3O/c1-14(2)21-20(24)18-15(3)22-23(17-12-8-5-9-13-17)19(18)16-10-6-4-7-11-16/h4-14H,1-3H3,(H,21,24). The lowest BCUT2D eigenvalue weighted by Gasteiger charge is -2.12. The molecule has 2 aromatic carbocycles. The van der Waals surface area contributed by atoms with Gasteiger partial charge in [0.1, 0.15) is 0 Å². The van der Waals surface area contributed by atoms with Crippen molar-refractivity contribution in [2.75, 3.05) is 0 Å². The van der Waals surface area contributed by atoms with E-state index in [9.17, 15) is 4.79 Å². The SMILES string of the molecule is Cc1nn(-c2ccccc2)c(-c2ccccc2)c1C(=O)NC(C)C. The van der Waals surface area contributed by atoms with Crippen LogP contribution in [-0.4, -0.2) is 21.7 Å². The lowest BCUT2D eigenvalue weighted by atomic mass is 10.0. The zero-order chi connectivity index (χ0) is 17.1. The number of hydrogen-bond donors (Lipinski definition) is 1. The van der Waals surface area contributed by atoms with Gasteiger partial charge in [0.2, 0.25) is 0 Å². The van der Waals surface area contributed by atoms with E-state index in [-0.39, 0.29) is 11.9 Å². The monoisotopic (exact) mass is 319 g/mol. The summed E-state index contributed by atoms with van der Waals surface area (Å²) in [5.41, 5.74) is 4.06. The summed E-state index contributed by atoms with van der Waals surface area (Å²) in [7, 11) is 0. The Morgan fingerprint density at radius 2 is 1.58 bits per heavy atom. The molecule has 4 nitrogen and oxygen atoms in total. The molecule has 0 bridgehead atoms.